The van der Waals surface area contributed by atoms with Crippen LogP contribution in [0.3, 0.4) is 0 Å². The van der Waals surface area contributed by atoms with Gasteiger partial charge in [-0.2, -0.15) is 0 Å². The Bertz CT molecular complexity index is 666. The molecule has 2 aromatic rings. The largest absolute Gasteiger partial charge is 0.368 e. The van der Waals surface area contributed by atoms with E-state index in [1.165, 1.54) is 6.07 Å². The van der Waals surface area contributed by atoms with E-state index in [1.54, 1.807) is 12.1 Å². The second-order valence-corrected chi connectivity index (χ2v) is 4.99. The van der Waals surface area contributed by atoms with Crippen LogP contribution in [-0.4, -0.2) is 36.1 Å². The van der Waals surface area contributed by atoms with Crippen LogP contribution in [0.25, 0.3) is 10.9 Å². The summed E-state index contributed by atoms with van der Waals surface area (Å²) < 4.78 is 0. The molecule has 6 heteroatoms. The number of non-ortho nitro benzene ring substituents is 1. The van der Waals surface area contributed by atoms with E-state index in [-0.39, 0.29) is 10.6 Å². The third kappa shape index (κ3) is 2.18. The van der Waals surface area contributed by atoms with E-state index in [2.05, 4.69) is 15.2 Å². The Kier molecular flexibility index (Phi) is 3.23. The number of benzene rings is 1. The fraction of sp³-hybridized carbons (Fsp3) is 0.357. The van der Waals surface area contributed by atoms with Crippen molar-refractivity contribution in [2.45, 2.75) is 6.92 Å². The maximum Gasteiger partial charge on any atom is 0.270 e. The molecule has 0 radical (unpaired) electrons. The third-order valence-electron chi connectivity index (χ3n) is 3.65. The second kappa shape index (κ2) is 5.05. The molecule has 0 bridgehead atoms. The lowest BCUT2D eigenvalue weighted by Gasteiger charge is -2.31. The summed E-state index contributed by atoms with van der Waals surface area (Å²) in [6.45, 7) is 5.67. The Labute approximate surface area is 116 Å². The molecule has 1 fully saturated rings. The van der Waals surface area contributed by atoms with Gasteiger partial charge in [-0.05, 0) is 18.6 Å². The summed E-state index contributed by atoms with van der Waals surface area (Å²) in [6.07, 6.45) is 1.84. The van der Waals surface area contributed by atoms with E-state index in [9.17, 15) is 10.1 Å². The van der Waals surface area contributed by atoms with E-state index in [4.69, 9.17) is 0 Å². The van der Waals surface area contributed by atoms with Crippen molar-refractivity contribution in [2.24, 2.45) is 0 Å². The van der Waals surface area contributed by atoms with Crippen molar-refractivity contribution < 1.29 is 4.92 Å². The first-order chi connectivity index (χ1) is 9.66. The number of fused-ring (bicyclic) bond motifs is 1. The summed E-state index contributed by atoms with van der Waals surface area (Å²) in [6, 6.07) is 4.86. The van der Waals surface area contributed by atoms with Gasteiger partial charge in [0.1, 0.15) is 0 Å². The molecule has 2 heterocycles. The number of pyridine rings is 1. The van der Waals surface area contributed by atoms with Gasteiger partial charge in [0.05, 0.1) is 16.1 Å². The smallest absolute Gasteiger partial charge is 0.270 e. The van der Waals surface area contributed by atoms with Crippen LogP contribution in [0.15, 0.2) is 24.4 Å². The van der Waals surface area contributed by atoms with Crippen LogP contribution < -0.4 is 10.2 Å². The fourth-order valence-corrected chi connectivity index (χ4v) is 2.69. The average molecular weight is 272 g/mol. The van der Waals surface area contributed by atoms with Gasteiger partial charge in [0.15, 0.2) is 0 Å². The lowest BCUT2D eigenvalue weighted by Crippen LogP contribution is -2.43. The molecule has 3 rings (SSSR count). The summed E-state index contributed by atoms with van der Waals surface area (Å²) in [5.41, 5.74) is 3.04. The van der Waals surface area contributed by atoms with Gasteiger partial charge in [0.25, 0.3) is 5.69 Å². The molecule has 20 heavy (non-hydrogen) atoms. The minimum atomic E-state index is -0.358. The molecule has 0 saturated carbocycles. The maximum absolute atomic E-state index is 11.0. The Balaban J connectivity index is 2.19. The number of aromatic nitrogens is 1. The molecule has 0 aliphatic carbocycles. The van der Waals surface area contributed by atoms with E-state index in [0.717, 1.165) is 48.3 Å². The lowest BCUT2D eigenvalue weighted by molar-refractivity contribution is -0.384. The highest BCUT2D eigenvalue weighted by Gasteiger charge is 2.18. The number of nitro benzene ring substituents is 1. The first kappa shape index (κ1) is 12.8. The van der Waals surface area contributed by atoms with Crippen LogP contribution in [0, 0.1) is 17.0 Å². The van der Waals surface area contributed by atoms with Crippen molar-refractivity contribution in [3.05, 3.63) is 40.1 Å². The van der Waals surface area contributed by atoms with E-state index in [0.29, 0.717) is 0 Å². The summed E-state index contributed by atoms with van der Waals surface area (Å²) in [4.78, 5) is 17.3. The number of rotatable bonds is 2. The second-order valence-electron chi connectivity index (χ2n) is 4.99. The zero-order chi connectivity index (χ0) is 14.1. The fourth-order valence-electron chi connectivity index (χ4n) is 2.69. The van der Waals surface area contributed by atoms with Gasteiger partial charge in [-0.15, -0.1) is 0 Å². The summed E-state index contributed by atoms with van der Waals surface area (Å²) in [5.74, 6) is 0. The van der Waals surface area contributed by atoms with E-state index < -0.39 is 0 Å². The van der Waals surface area contributed by atoms with Crippen LogP contribution in [0.4, 0.5) is 11.4 Å². The van der Waals surface area contributed by atoms with Crippen LogP contribution in [0.1, 0.15) is 5.56 Å². The molecule has 0 atom stereocenters. The average Bonchev–Trinajstić information content (AvgIpc) is 2.47. The maximum atomic E-state index is 11.0. The Morgan fingerprint density at radius 3 is 2.80 bits per heavy atom. The zero-order valence-corrected chi connectivity index (χ0v) is 11.3. The Morgan fingerprint density at radius 2 is 2.10 bits per heavy atom. The molecule has 0 amide bonds. The van der Waals surface area contributed by atoms with Gasteiger partial charge in [-0.1, -0.05) is 0 Å². The minimum absolute atomic E-state index is 0.112. The molecular weight excluding hydrogens is 256 g/mol. The van der Waals surface area contributed by atoms with Crippen LogP contribution in [0.2, 0.25) is 0 Å². The highest BCUT2D eigenvalue weighted by Crippen LogP contribution is 2.31. The normalized spacial score (nSPS) is 15.6. The van der Waals surface area contributed by atoms with Gasteiger partial charge in [0, 0.05) is 49.9 Å². The predicted octanol–water partition coefficient (Wildman–Crippen LogP) is 1.86. The molecule has 1 aliphatic heterocycles. The number of anilines is 1. The van der Waals surface area contributed by atoms with Crippen LogP contribution in [-0.2, 0) is 0 Å². The van der Waals surface area contributed by atoms with Gasteiger partial charge in [-0.3, -0.25) is 15.1 Å². The van der Waals surface area contributed by atoms with Crippen molar-refractivity contribution in [1.82, 2.24) is 10.3 Å². The van der Waals surface area contributed by atoms with Crippen LogP contribution >= 0.6 is 0 Å². The summed E-state index contributed by atoms with van der Waals surface area (Å²) in [7, 11) is 0. The number of aryl methyl sites for hydroxylation is 1. The minimum Gasteiger partial charge on any atom is -0.368 e. The molecule has 1 aliphatic rings. The van der Waals surface area contributed by atoms with Crippen molar-refractivity contribution in [2.75, 3.05) is 31.1 Å². The molecule has 1 saturated heterocycles. The van der Waals surface area contributed by atoms with Crippen LogP contribution in [0.5, 0.6) is 0 Å². The number of hydrogen-bond acceptors (Lipinski definition) is 5. The highest BCUT2D eigenvalue weighted by molar-refractivity contribution is 5.94. The molecule has 0 spiro atoms. The third-order valence-corrected chi connectivity index (χ3v) is 3.65. The quantitative estimate of drug-likeness (QED) is 0.667. The first-order valence-corrected chi connectivity index (χ1v) is 6.66. The standard InChI is InChI=1S/C14H16N4O2/c1-10-9-16-13-3-2-11(18(19)20)8-12(13)14(10)17-6-4-15-5-7-17/h2-3,8-9,15H,4-7H2,1H3. The number of nitrogens with zero attached hydrogens (tertiary/aromatic N) is 3. The summed E-state index contributed by atoms with van der Waals surface area (Å²) >= 11 is 0. The van der Waals surface area contributed by atoms with Crippen molar-refractivity contribution in [3.63, 3.8) is 0 Å². The highest BCUT2D eigenvalue weighted by atomic mass is 16.6. The van der Waals surface area contributed by atoms with Crippen molar-refractivity contribution >= 4 is 22.3 Å². The van der Waals surface area contributed by atoms with Gasteiger partial charge in [-0.25, -0.2) is 0 Å². The molecule has 1 N–H and O–H groups in total. The predicted molar refractivity (Wildman–Crippen MR) is 78.2 cm³/mol. The van der Waals surface area contributed by atoms with Crippen molar-refractivity contribution in [3.8, 4) is 0 Å². The molecule has 1 aromatic carbocycles. The van der Waals surface area contributed by atoms with E-state index >= 15 is 0 Å². The van der Waals surface area contributed by atoms with Crippen molar-refractivity contribution in [1.29, 1.82) is 0 Å². The number of nitrogens with one attached hydrogen (secondary N) is 1. The molecule has 104 valence electrons. The molecule has 1 aromatic heterocycles. The summed E-state index contributed by atoms with van der Waals surface area (Å²) in [5, 5.41) is 15.2. The number of hydrogen-bond donors (Lipinski definition) is 1. The van der Waals surface area contributed by atoms with Gasteiger partial charge >= 0.3 is 0 Å². The molecular formula is C14H16N4O2. The Hall–Kier alpha value is -2.21. The number of nitro groups is 1. The zero-order valence-electron chi connectivity index (χ0n) is 11.3. The monoisotopic (exact) mass is 272 g/mol. The van der Waals surface area contributed by atoms with Gasteiger partial charge < -0.3 is 10.2 Å². The first-order valence-electron chi connectivity index (χ1n) is 6.66. The molecule has 0 unspecified atom stereocenters. The van der Waals surface area contributed by atoms with Gasteiger partial charge in [0.2, 0.25) is 0 Å². The van der Waals surface area contributed by atoms with E-state index in [1.807, 2.05) is 13.1 Å². The topological polar surface area (TPSA) is 71.3 Å². The SMILES string of the molecule is Cc1cnc2ccc([N+](=O)[O-])cc2c1N1CCNCC1. The number of piperazine rings is 1. The lowest BCUT2D eigenvalue weighted by atomic mass is 10.1. The molecule has 6 nitrogen and oxygen atoms in total. The Morgan fingerprint density at radius 1 is 1.35 bits per heavy atom.